The van der Waals surface area contributed by atoms with Crippen molar-refractivity contribution in [1.82, 2.24) is 29.9 Å². The summed E-state index contributed by atoms with van der Waals surface area (Å²) in [5.41, 5.74) is 2.20. The molecular formula is C15H12N8. The zero-order valence-electron chi connectivity index (χ0n) is 11.9. The number of imidazole rings is 1. The maximum absolute atomic E-state index is 4.48. The lowest BCUT2D eigenvalue weighted by Crippen LogP contribution is -2.04. The average molecular weight is 304 g/mol. The van der Waals surface area contributed by atoms with Crippen molar-refractivity contribution < 1.29 is 0 Å². The summed E-state index contributed by atoms with van der Waals surface area (Å²) in [7, 11) is 0. The third-order valence-corrected chi connectivity index (χ3v) is 3.11. The van der Waals surface area contributed by atoms with E-state index in [1.54, 1.807) is 24.8 Å². The van der Waals surface area contributed by atoms with Crippen LogP contribution in [0, 0.1) is 0 Å². The van der Waals surface area contributed by atoms with E-state index in [9.17, 15) is 0 Å². The summed E-state index contributed by atoms with van der Waals surface area (Å²) < 4.78 is 0. The lowest BCUT2D eigenvalue weighted by atomic mass is 10.3. The van der Waals surface area contributed by atoms with Crippen LogP contribution in [-0.2, 0) is 0 Å². The van der Waals surface area contributed by atoms with Gasteiger partial charge in [0.1, 0.15) is 5.52 Å². The molecular weight excluding hydrogens is 292 g/mol. The molecule has 8 nitrogen and oxygen atoms in total. The minimum Gasteiger partial charge on any atom is -0.340 e. The Morgan fingerprint density at radius 3 is 2.43 bits per heavy atom. The summed E-state index contributed by atoms with van der Waals surface area (Å²) in [6, 6.07) is 11.5. The van der Waals surface area contributed by atoms with Crippen molar-refractivity contribution in [2.45, 2.75) is 0 Å². The van der Waals surface area contributed by atoms with Gasteiger partial charge in [-0.05, 0) is 18.2 Å². The van der Waals surface area contributed by atoms with E-state index in [4.69, 9.17) is 0 Å². The Balaban J connectivity index is 1.72. The number of nitrogens with zero attached hydrogens (tertiary/aromatic N) is 5. The number of H-pyrrole nitrogens is 1. The Hall–Kier alpha value is -3.55. The predicted molar refractivity (Wildman–Crippen MR) is 86.7 cm³/mol. The van der Waals surface area contributed by atoms with Crippen molar-refractivity contribution >= 4 is 34.6 Å². The second-order valence-corrected chi connectivity index (χ2v) is 4.69. The molecule has 3 aromatic heterocycles. The van der Waals surface area contributed by atoms with E-state index >= 15 is 0 Å². The van der Waals surface area contributed by atoms with Crippen molar-refractivity contribution in [3.05, 3.63) is 55.1 Å². The molecule has 0 atom stereocenters. The van der Waals surface area contributed by atoms with E-state index in [-0.39, 0.29) is 0 Å². The number of nitrogens with one attached hydrogen (secondary N) is 3. The van der Waals surface area contributed by atoms with Crippen molar-refractivity contribution in [2.75, 3.05) is 10.6 Å². The number of para-hydroxylation sites is 1. The van der Waals surface area contributed by atoms with Crippen LogP contribution in [0.4, 0.5) is 23.4 Å². The van der Waals surface area contributed by atoms with E-state index in [1.165, 1.54) is 0 Å². The molecule has 4 rings (SSSR count). The van der Waals surface area contributed by atoms with Gasteiger partial charge in [-0.2, -0.15) is 9.97 Å². The van der Waals surface area contributed by atoms with Crippen LogP contribution in [0.25, 0.3) is 11.2 Å². The third-order valence-electron chi connectivity index (χ3n) is 3.11. The van der Waals surface area contributed by atoms with Gasteiger partial charge in [0.05, 0.1) is 6.33 Å². The van der Waals surface area contributed by atoms with Crippen LogP contribution in [0.1, 0.15) is 0 Å². The van der Waals surface area contributed by atoms with Crippen LogP contribution in [0.5, 0.6) is 0 Å². The molecule has 0 aliphatic rings. The number of hydrogen-bond acceptors (Lipinski definition) is 7. The highest BCUT2D eigenvalue weighted by Gasteiger charge is 2.11. The zero-order valence-corrected chi connectivity index (χ0v) is 11.9. The molecule has 3 N–H and O–H groups in total. The van der Waals surface area contributed by atoms with Crippen LogP contribution in [0.15, 0.2) is 55.1 Å². The Labute approximate surface area is 131 Å². The first kappa shape index (κ1) is 13.1. The SMILES string of the molecule is c1ccc(Nc2nc(Nc3ncccn3)nc3nc[nH]c23)cc1. The largest absolute Gasteiger partial charge is 0.340 e. The summed E-state index contributed by atoms with van der Waals surface area (Å²) >= 11 is 0. The molecule has 0 aliphatic heterocycles. The number of benzene rings is 1. The van der Waals surface area contributed by atoms with E-state index in [2.05, 4.69) is 40.5 Å². The molecule has 0 amide bonds. The Bertz CT molecular complexity index is 920. The van der Waals surface area contributed by atoms with Gasteiger partial charge in [0.2, 0.25) is 11.9 Å². The Kier molecular flexibility index (Phi) is 3.24. The second-order valence-electron chi connectivity index (χ2n) is 4.69. The molecule has 112 valence electrons. The van der Waals surface area contributed by atoms with Crippen LogP contribution in [-0.4, -0.2) is 29.9 Å². The molecule has 3 heterocycles. The molecule has 0 radical (unpaired) electrons. The minimum atomic E-state index is 0.370. The number of fused-ring (bicyclic) bond motifs is 1. The summed E-state index contributed by atoms with van der Waals surface area (Å²) in [6.45, 7) is 0. The lowest BCUT2D eigenvalue weighted by molar-refractivity contribution is 1.12. The van der Waals surface area contributed by atoms with Gasteiger partial charge in [0.15, 0.2) is 11.5 Å². The molecule has 4 aromatic rings. The van der Waals surface area contributed by atoms with Gasteiger partial charge < -0.3 is 10.3 Å². The zero-order chi connectivity index (χ0) is 15.5. The maximum Gasteiger partial charge on any atom is 0.233 e. The second kappa shape index (κ2) is 5.68. The molecule has 8 heteroatoms. The number of aromatic amines is 1. The molecule has 0 spiro atoms. The highest BCUT2D eigenvalue weighted by Crippen LogP contribution is 2.23. The van der Waals surface area contributed by atoms with Gasteiger partial charge in [-0.3, -0.25) is 5.32 Å². The fourth-order valence-electron chi connectivity index (χ4n) is 2.10. The number of anilines is 4. The van der Waals surface area contributed by atoms with Gasteiger partial charge in [0, 0.05) is 18.1 Å². The van der Waals surface area contributed by atoms with Gasteiger partial charge in [0.25, 0.3) is 0 Å². The van der Waals surface area contributed by atoms with Gasteiger partial charge in [-0.15, -0.1) is 0 Å². The molecule has 0 bridgehead atoms. The first-order chi connectivity index (χ1) is 11.4. The van der Waals surface area contributed by atoms with Crippen LogP contribution >= 0.6 is 0 Å². The lowest BCUT2D eigenvalue weighted by Gasteiger charge is -2.08. The average Bonchev–Trinajstić information content (AvgIpc) is 3.05. The van der Waals surface area contributed by atoms with Gasteiger partial charge in [-0.25, -0.2) is 15.0 Å². The standard InChI is InChI=1S/C15H12N8/c1-2-5-10(6-3-1)20-13-11-12(19-9-18-11)21-15(22-13)23-14-16-7-4-8-17-14/h1-9H,(H3,16,17,18,19,20,21,22,23). The van der Waals surface area contributed by atoms with Crippen LogP contribution < -0.4 is 10.6 Å². The van der Waals surface area contributed by atoms with E-state index < -0.39 is 0 Å². The molecule has 1 aromatic carbocycles. The van der Waals surface area contributed by atoms with Crippen molar-refractivity contribution in [1.29, 1.82) is 0 Å². The van der Waals surface area contributed by atoms with Gasteiger partial charge >= 0.3 is 0 Å². The Morgan fingerprint density at radius 2 is 1.61 bits per heavy atom. The molecule has 0 unspecified atom stereocenters. The van der Waals surface area contributed by atoms with E-state index in [1.807, 2.05) is 30.3 Å². The van der Waals surface area contributed by atoms with Gasteiger partial charge in [-0.1, -0.05) is 18.2 Å². The first-order valence-electron chi connectivity index (χ1n) is 6.96. The normalized spacial score (nSPS) is 10.6. The highest BCUT2D eigenvalue weighted by molar-refractivity contribution is 5.86. The third kappa shape index (κ3) is 2.77. The predicted octanol–water partition coefficient (Wildman–Crippen LogP) is 2.63. The first-order valence-corrected chi connectivity index (χ1v) is 6.96. The molecule has 0 saturated carbocycles. The molecule has 0 aliphatic carbocycles. The molecule has 23 heavy (non-hydrogen) atoms. The molecule has 0 fully saturated rings. The monoisotopic (exact) mass is 304 g/mol. The van der Waals surface area contributed by atoms with Crippen LogP contribution in [0.3, 0.4) is 0 Å². The highest BCUT2D eigenvalue weighted by atomic mass is 15.2. The fourth-order valence-corrected chi connectivity index (χ4v) is 2.10. The Morgan fingerprint density at radius 1 is 0.783 bits per heavy atom. The van der Waals surface area contributed by atoms with Crippen molar-refractivity contribution in [3.63, 3.8) is 0 Å². The quantitative estimate of drug-likeness (QED) is 0.532. The smallest absolute Gasteiger partial charge is 0.233 e. The number of rotatable bonds is 4. The van der Waals surface area contributed by atoms with E-state index in [0.717, 1.165) is 11.2 Å². The number of aromatic nitrogens is 6. The summed E-state index contributed by atoms with van der Waals surface area (Å²) in [4.78, 5) is 24.3. The summed E-state index contributed by atoms with van der Waals surface area (Å²) in [6.07, 6.45) is 4.87. The topological polar surface area (TPSA) is 104 Å². The van der Waals surface area contributed by atoms with E-state index in [0.29, 0.717) is 23.4 Å². The summed E-state index contributed by atoms with van der Waals surface area (Å²) in [5.74, 6) is 1.42. The summed E-state index contributed by atoms with van der Waals surface area (Å²) in [5, 5.41) is 6.23. The fraction of sp³-hybridized carbons (Fsp3) is 0. The van der Waals surface area contributed by atoms with Crippen molar-refractivity contribution in [3.8, 4) is 0 Å². The molecule has 0 saturated heterocycles. The van der Waals surface area contributed by atoms with Crippen LogP contribution in [0.2, 0.25) is 0 Å². The number of hydrogen-bond donors (Lipinski definition) is 3. The van der Waals surface area contributed by atoms with Crippen molar-refractivity contribution in [2.24, 2.45) is 0 Å². The minimum absolute atomic E-state index is 0.370. The maximum atomic E-state index is 4.48.